The second-order valence-electron chi connectivity index (χ2n) is 3.10. The van der Waals surface area contributed by atoms with E-state index in [0.717, 1.165) is 24.2 Å². The van der Waals surface area contributed by atoms with Gasteiger partial charge in [0.2, 0.25) is 0 Å². The maximum atomic E-state index is 11.1. The summed E-state index contributed by atoms with van der Waals surface area (Å²) >= 11 is 0. The molecule has 1 aliphatic heterocycles. The quantitative estimate of drug-likeness (QED) is 0.546. The monoisotopic (exact) mass is 165 g/mol. The minimum absolute atomic E-state index is 0.250. The van der Waals surface area contributed by atoms with Crippen LogP contribution in [-0.4, -0.2) is 24.6 Å². The molecule has 64 valence electrons. The van der Waals surface area contributed by atoms with Crippen molar-refractivity contribution < 1.29 is 9.53 Å². The number of hydrogen-bond acceptors (Lipinski definition) is 2. The van der Waals surface area contributed by atoms with E-state index in [-0.39, 0.29) is 6.09 Å². The van der Waals surface area contributed by atoms with Gasteiger partial charge in [0.25, 0.3) is 0 Å². The van der Waals surface area contributed by atoms with Crippen molar-refractivity contribution in [1.29, 1.82) is 0 Å². The molecule has 1 fully saturated rings. The van der Waals surface area contributed by atoms with Gasteiger partial charge in [-0.1, -0.05) is 6.08 Å². The van der Waals surface area contributed by atoms with Crippen LogP contribution in [0.2, 0.25) is 0 Å². The number of hydrogen-bond donors (Lipinski definition) is 0. The van der Waals surface area contributed by atoms with Crippen LogP contribution in [0, 0.1) is 0 Å². The summed E-state index contributed by atoms with van der Waals surface area (Å²) in [6.45, 7) is 0.685. The first-order valence-electron chi connectivity index (χ1n) is 4.10. The van der Waals surface area contributed by atoms with Crippen LogP contribution in [0.3, 0.4) is 0 Å². The molecule has 2 aliphatic rings. The molecule has 0 radical (unpaired) electrons. The molecule has 0 aromatic rings. The van der Waals surface area contributed by atoms with E-state index in [1.807, 2.05) is 6.08 Å². The Bertz CT molecular complexity index is 278. The maximum absolute atomic E-state index is 11.1. The van der Waals surface area contributed by atoms with Crippen LogP contribution in [-0.2, 0) is 4.74 Å². The lowest BCUT2D eigenvalue weighted by Crippen LogP contribution is -2.35. The van der Waals surface area contributed by atoms with Gasteiger partial charge in [-0.15, -0.1) is 0 Å². The van der Waals surface area contributed by atoms with Crippen LogP contribution in [0.1, 0.15) is 12.8 Å². The highest BCUT2D eigenvalue weighted by atomic mass is 16.6. The van der Waals surface area contributed by atoms with Crippen molar-refractivity contribution >= 4 is 6.09 Å². The van der Waals surface area contributed by atoms with E-state index in [9.17, 15) is 4.79 Å². The van der Waals surface area contributed by atoms with E-state index in [1.54, 1.807) is 11.9 Å². The Hall–Kier alpha value is -1.25. The van der Waals surface area contributed by atoms with Gasteiger partial charge in [-0.05, 0) is 18.9 Å². The third kappa shape index (κ3) is 1.11. The highest BCUT2D eigenvalue weighted by molar-refractivity contribution is 5.72. The van der Waals surface area contributed by atoms with Crippen LogP contribution in [0.5, 0.6) is 0 Å². The van der Waals surface area contributed by atoms with Gasteiger partial charge in [-0.25, -0.2) is 4.79 Å². The molecular weight excluding hydrogens is 154 g/mol. The van der Waals surface area contributed by atoms with Crippen molar-refractivity contribution in [3.05, 3.63) is 23.5 Å². The van der Waals surface area contributed by atoms with Crippen LogP contribution in [0.4, 0.5) is 4.79 Å². The zero-order valence-electron chi connectivity index (χ0n) is 7.04. The summed E-state index contributed by atoms with van der Waals surface area (Å²) in [5.41, 5.74) is 1.14. The number of amides is 1. The summed E-state index contributed by atoms with van der Waals surface area (Å²) < 4.78 is 5.08. The average molecular weight is 165 g/mol. The van der Waals surface area contributed by atoms with Crippen LogP contribution < -0.4 is 0 Å². The van der Waals surface area contributed by atoms with Gasteiger partial charge in [0, 0.05) is 12.6 Å². The summed E-state index contributed by atoms with van der Waals surface area (Å²) in [7, 11) is 1.74. The molecule has 0 N–H and O–H groups in total. The molecule has 0 aromatic heterocycles. The largest absolute Gasteiger partial charge is 0.415 e. The second kappa shape index (κ2) is 2.66. The lowest BCUT2D eigenvalue weighted by Gasteiger charge is -2.27. The van der Waals surface area contributed by atoms with E-state index < -0.39 is 0 Å². The Morgan fingerprint density at radius 2 is 2.17 bits per heavy atom. The summed E-state index contributed by atoms with van der Waals surface area (Å²) in [6, 6.07) is 0. The number of ether oxygens (including phenoxy) is 1. The molecule has 3 nitrogen and oxygen atoms in total. The van der Waals surface area contributed by atoms with E-state index in [4.69, 9.17) is 4.74 Å². The van der Waals surface area contributed by atoms with Crippen molar-refractivity contribution in [1.82, 2.24) is 4.90 Å². The first kappa shape index (κ1) is 7.40. The minimum Gasteiger partial charge on any atom is -0.410 e. The number of carbonyl (C=O) groups excluding carboxylic acids is 1. The SMILES string of the molecule is CN1CC2=CCCC=C2OC1=O. The fraction of sp³-hybridized carbons (Fsp3) is 0.444. The predicted molar refractivity (Wildman–Crippen MR) is 44.5 cm³/mol. The van der Waals surface area contributed by atoms with E-state index in [1.165, 1.54) is 0 Å². The molecule has 0 saturated carbocycles. The summed E-state index contributed by atoms with van der Waals surface area (Å²) in [6.07, 6.45) is 5.92. The lowest BCUT2D eigenvalue weighted by molar-refractivity contribution is 0.129. The standard InChI is InChI=1S/C9H11NO2/c1-10-6-7-4-2-3-5-8(7)12-9(10)11/h4-5H,2-3,6H2,1H3. The molecule has 1 aliphatic carbocycles. The van der Waals surface area contributed by atoms with Crippen LogP contribution in [0.25, 0.3) is 0 Å². The number of likely N-dealkylation sites (N-methyl/N-ethyl adjacent to an activating group) is 1. The van der Waals surface area contributed by atoms with E-state index >= 15 is 0 Å². The smallest absolute Gasteiger partial charge is 0.410 e. The van der Waals surface area contributed by atoms with Gasteiger partial charge < -0.3 is 9.64 Å². The Morgan fingerprint density at radius 3 is 3.00 bits per heavy atom. The van der Waals surface area contributed by atoms with Gasteiger partial charge in [-0.3, -0.25) is 0 Å². The molecule has 1 amide bonds. The fourth-order valence-electron chi connectivity index (χ4n) is 1.45. The Labute approximate surface area is 71.3 Å². The number of rotatable bonds is 0. The van der Waals surface area contributed by atoms with Gasteiger partial charge in [0.15, 0.2) is 0 Å². The van der Waals surface area contributed by atoms with Crippen LogP contribution in [0.15, 0.2) is 23.5 Å². The van der Waals surface area contributed by atoms with Gasteiger partial charge in [-0.2, -0.15) is 0 Å². The highest BCUT2D eigenvalue weighted by Gasteiger charge is 2.24. The molecule has 0 unspecified atom stereocenters. The second-order valence-corrected chi connectivity index (χ2v) is 3.10. The molecule has 12 heavy (non-hydrogen) atoms. The summed E-state index contributed by atoms with van der Waals surface area (Å²) in [4.78, 5) is 12.7. The highest BCUT2D eigenvalue weighted by Crippen LogP contribution is 2.24. The number of carbonyl (C=O) groups is 1. The van der Waals surface area contributed by atoms with Crippen molar-refractivity contribution in [3.63, 3.8) is 0 Å². The fourth-order valence-corrected chi connectivity index (χ4v) is 1.45. The zero-order valence-corrected chi connectivity index (χ0v) is 7.04. The maximum Gasteiger partial charge on any atom is 0.415 e. The predicted octanol–water partition coefficient (Wildman–Crippen LogP) is 1.67. The van der Waals surface area contributed by atoms with Crippen molar-refractivity contribution in [2.75, 3.05) is 13.6 Å². The topological polar surface area (TPSA) is 29.5 Å². The molecule has 2 rings (SSSR count). The Kier molecular flexibility index (Phi) is 1.64. The normalized spacial score (nSPS) is 22.4. The summed E-state index contributed by atoms with van der Waals surface area (Å²) in [5.74, 6) is 0.768. The van der Waals surface area contributed by atoms with Gasteiger partial charge >= 0.3 is 6.09 Å². The first-order chi connectivity index (χ1) is 5.77. The molecule has 0 bridgehead atoms. The van der Waals surface area contributed by atoms with Crippen molar-refractivity contribution in [2.24, 2.45) is 0 Å². The number of nitrogens with zero attached hydrogens (tertiary/aromatic N) is 1. The number of fused-ring (bicyclic) bond motifs is 1. The number of allylic oxidation sites excluding steroid dienone is 2. The molecule has 0 atom stereocenters. The van der Waals surface area contributed by atoms with Gasteiger partial charge in [0.1, 0.15) is 5.76 Å². The zero-order chi connectivity index (χ0) is 8.55. The van der Waals surface area contributed by atoms with Crippen molar-refractivity contribution in [3.8, 4) is 0 Å². The molecular formula is C9H11NO2. The molecule has 1 saturated heterocycles. The molecule has 1 heterocycles. The van der Waals surface area contributed by atoms with E-state index in [0.29, 0.717) is 6.54 Å². The van der Waals surface area contributed by atoms with Crippen LogP contribution >= 0.6 is 0 Å². The molecule has 0 spiro atoms. The minimum atomic E-state index is -0.250. The lowest BCUT2D eigenvalue weighted by atomic mass is 10.0. The summed E-state index contributed by atoms with van der Waals surface area (Å²) in [5, 5.41) is 0. The van der Waals surface area contributed by atoms with E-state index in [2.05, 4.69) is 6.08 Å². The molecule has 3 heteroatoms. The third-order valence-corrected chi connectivity index (χ3v) is 2.12. The molecule has 0 aromatic carbocycles. The first-order valence-corrected chi connectivity index (χ1v) is 4.10. The van der Waals surface area contributed by atoms with Gasteiger partial charge in [0.05, 0.1) is 6.54 Å². The van der Waals surface area contributed by atoms with Crippen molar-refractivity contribution in [2.45, 2.75) is 12.8 Å². The Morgan fingerprint density at radius 1 is 1.42 bits per heavy atom. The average Bonchev–Trinajstić information content (AvgIpc) is 2.07. The Balaban J connectivity index is 2.24. The third-order valence-electron chi connectivity index (χ3n) is 2.12.